The molecule has 4 heterocycles. The molecule has 0 bridgehead atoms. The summed E-state index contributed by atoms with van der Waals surface area (Å²) in [6.07, 6.45) is 3.38. The van der Waals surface area contributed by atoms with Gasteiger partial charge in [-0.05, 0) is 32.0 Å². The highest BCUT2D eigenvalue weighted by Crippen LogP contribution is 2.31. The topological polar surface area (TPSA) is 80.0 Å². The van der Waals surface area contributed by atoms with Crippen LogP contribution in [0.2, 0.25) is 0 Å². The van der Waals surface area contributed by atoms with Gasteiger partial charge >= 0.3 is 0 Å². The van der Waals surface area contributed by atoms with E-state index in [2.05, 4.69) is 23.9 Å². The number of pyridine rings is 1. The maximum absolute atomic E-state index is 13.4. The van der Waals surface area contributed by atoms with Gasteiger partial charge in [-0.1, -0.05) is 12.1 Å². The van der Waals surface area contributed by atoms with E-state index in [0.717, 1.165) is 22.1 Å². The van der Waals surface area contributed by atoms with E-state index in [4.69, 9.17) is 9.97 Å². The minimum atomic E-state index is -0.129. The molecule has 0 radical (unpaired) electrons. The van der Waals surface area contributed by atoms with Crippen molar-refractivity contribution in [3.63, 3.8) is 0 Å². The zero-order valence-electron chi connectivity index (χ0n) is 16.6. The predicted octanol–water partition coefficient (Wildman–Crippen LogP) is 3.05. The lowest BCUT2D eigenvalue weighted by Crippen LogP contribution is -2.43. The number of hydrogen-bond acceptors (Lipinski definition) is 6. The monoisotopic (exact) mass is 387 g/mol. The summed E-state index contributed by atoms with van der Waals surface area (Å²) in [5.41, 5.74) is 2.88. The molecule has 5 rings (SSSR count). The highest BCUT2D eigenvalue weighted by atomic mass is 16.2. The molecule has 0 atom stereocenters. The number of carbonyl (C=O) groups excluding carboxylic acids is 1. The third-order valence-corrected chi connectivity index (χ3v) is 5.23. The van der Waals surface area contributed by atoms with Crippen molar-refractivity contribution < 1.29 is 4.79 Å². The second-order valence-corrected chi connectivity index (χ2v) is 7.56. The second kappa shape index (κ2) is 6.51. The minimum absolute atomic E-state index is 0.129. The molecule has 8 heteroatoms. The van der Waals surface area contributed by atoms with E-state index in [1.165, 1.54) is 0 Å². The van der Waals surface area contributed by atoms with E-state index in [0.29, 0.717) is 30.3 Å². The first kappa shape index (κ1) is 17.5. The van der Waals surface area contributed by atoms with Crippen molar-refractivity contribution in [1.82, 2.24) is 24.7 Å². The third-order valence-electron chi connectivity index (χ3n) is 5.23. The maximum atomic E-state index is 13.4. The molecule has 8 nitrogen and oxygen atoms in total. The largest absolute Gasteiger partial charge is 0.355 e. The molecule has 1 aromatic carbocycles. The zero-order valence-corrected chi connectivity index (χ0v) is 16.6. The third kappa shape index (κ3) is 2.79. The van der Waals surface area contributed by atoms with Crippen molar-refractivity contribution in [3.8, 4) is 0 Å². The Kier molecular flexibility index (Phi) is 3.94. The van der Waals surface area contributed by atoms with Crippen LogP contribution in [0.15, 0.2) is 42.7 Å². The Bertz CT molecular complexity index is 1250. The molecule has 29 heavy (non-hydrogen) atoms. The summed E-state index contributed by atoms with van der Waals surface area (Å²) < 4.78 is 1.85. The molecule has 3 aromatic heterocycles. The number of benzene rings is 1. The molecule has 4 aromatic rings. The Morgan fingerprint density at radius 3 is 2.48 bits per heavy atom. The Morgan fingerprint density at radius 2 is 1.76 bits per heavy atom. The molecule has 0 saturated carbocycles. The Balaban J connectivity index is 1.58. The number of nitrogens with zero attached hydrogens (tertiary/aromatic N) is 7. The van der Waals surface area contributed by atoms with Crippen molar-refractivity contribution in [3.05, 3.63) is 48.3 Å². The summed E-state index contributed by atoms with van der Waals surface area (Å²) >= 11 is 0. The molecule has 0 spiro atoms. The van der Waals surface area contributed by atoms with Crippen LogP contribution in [-0.4, -0.2) is 50.8 Å². The van der Waals surface area contributed by atoms with Crippen LogP contribution >= 0.6 is 0 Å². The summed E-state index contributed by atoms with van der Waals surface area (Å²) in [6, 6.07) is 9.76. The maximum Gasteiger partial charge on any atom is 0.261 e. The lowest BCUT2D eigenvalue weighted by atomic mass is 10.2. The van der Waals surface area contributed by atoms with Gasteiger partial charge in [0.1, 0.15) is 0 Å². The van der Waals surface area contributed by atoms with Gasteiger partial charge in [0.15, 0.2) is 17.3 Å². The van der Waals surface area contributed by atoms with Gasteiger partial charge in [0.25, 0.3) is 5.91 Å². The van der Waals surface area contributed by atoms with Gasteiger partial charge in [0, 0.05) is 37.8 Å². The Morgan fingerprint density at radius 1 is 1.03 bits per heavy atom. The van der Waals surface area contributed by atoms with Crippen molar-refractivity contribution in [1.29, 1.82) is 0 Å². The zero-order chi connectivity index (χ0) is 20.1. The van der Waals surface area contributed by atoms with Crippen molar-refractivity contribution in [2.75, 3.05) is 29.9 Å². The molecule has 146 valence electrons. The second-order valence-electron chi connectivity index (χ2n) is 7.56. The first-order valence-electron chi connectivity index (χ1n) is 9.66. The van der Waals surface area contributed by atoms with Crippen LogP contribution in [0.5, 0.6) is 0 Å². The van der Waals surface area contributed by atoms with Crippen LogP contribution in [0.1, 0.15) is 30.2 Å². The van der Waals surface area contributed by atoms with Crippen molar-refractivity contribution in [2.45, 2.75) is 19.9 Å². The van der Waals surface area contributed by atoms with E-state index in [1.807, 2.05) is 47.0 Å². The predicted molar refractivity (Wildman–Crippen MR) is 112 cm³/mol. The van der Waals surface area contributed by atoms with Gasteiger partial charge in [0.2, 0.25) is 0 Å². The Hall–Kier alpha value is -3.55. The number of likely N-dealkylation sites (N-methyl/N-ethyl adjacent to an activating group) is 1. The normalized spacial score (nSPS) is 14.1. The molecule has 1 aliphatic rings. The quantitative estimate of drug-likeness (QED) is 0.526. The van der Waals surface area contributed by atoms with Crippen LogP contribution in [0.25, 0.3) is 22.1 Å². The molecule has 0 aliphatic carbocycles. The van der Waals surface area contributed by atoms with Gasteiger partial charge in [-0.15, -0.1) is 0 Å². The fraction of sp³-hybridized carbons (Fsp3) is 0.286. The SMILES string of the molecule is CC(C)n1ncc2cc(C(=O)N3CCN(C)c4nc5ccccc5nc43)cnc21. The number of amides is 1. The first-order valence-corrected chi connectivity index (χ1v) is 9.66. The number of carbonyl (C=O) groups is 1. The van der Waals surface area contributed by atoms with Crippen LogP contribution in [0.3, 0.4) is 0 Å². The average molecular weight is 387 g/mol. The van der Waals surface area contributed by atoms with E-state index in [9.17, 15) is 4.79 Å². The number of aromatic nitrogens is 5. The number of fused-ring (bicyclic) bond motifs is 3. The van der Waals surface area contributed by atoms with Crippen LogP contribution in [0, 0.1) is 0 Å². The summed E-state index contributed by atoms with van der Waals surface area (Å²) in [5.74, 6) is 1.17. The molecule has 1 amide bonds. The number of para-hydroxylation sites is 2. The van der Waals surface area contributed by atoms with Crippen LogP contribution in [-0.2, 0) is 0 Å². The molecule has 0 unspecified atom stereocenters. The first-order chi connectivity index (χ1) is 14.0. The average Bonchev–Trinajstić information content (AvgIpc) is 3.16. The van der Waals surface area contributed by atoms with E-state index in [-0.39, 0.29) is 11.9 Å². The molecule has 1 aliphatic heterocycles. The molecular weight excluding hydrogens is 366 g/mol. The van der Waals surface area contributed by atoms with E-state index >= 15 is 0 Å². The highest BCUT2D eigenvalue weighted by molar-refractivity contribution is 6.08. The van der Waals surface area contributed by atoms with Crippen molar-refractivity contribution in [2.24, 2.45) is 0 Å². The number of hydrogen-bond donors (Lipinski definition) is 0. The van der Waals surface area contributed by atoms with E-state index in [1.54, 1.807) is 17.3 Å². The van der Waals surface area contributed by atoms with Gasteiger partial charge in [-0.25, -0.2) is 19.6 Å². The van der Waals surface area contributed by atoms with Gasteiger partial charge in [-0.3, -0.25) is 9.69 Å². The fourth-order valence-corrected chi connectivity index (χ4v) is 3.67. The van der Waals surface area contributed by atoms with E-state index < -0.39 is 0 Å². The van der Waals surface area contributed by atoms with Crippen molar-refractivity contribution >= 4 is 39.6 Å². The summed E-state index contributed by atoms with van der Waals surface area (Å²) in [7, 11) is 1.97. The lowest BCUT2D eigenvalue weighted by Gasteiger charge is -2.33. The Labute approximate surface area is 167 Å². The standard InChI is InChI=1S/C21H21N7O/c1-13(2)28-18-14(12-23-28)10-15(11-22-18)21(29)27-9-8-26(3)19-20(27)25-17-7-5-4-6-16(17)24-19/h4-7,10-13H,8-9H2,1-3H3. The summed E-state index contributed by atoms with van der Waals surface area (Å²) in [4.78, 5) is 31.1. The molecule has 0 fully saturated rings. The highest BCUT2D eigenvalue weighted by Gasteiger charge is 2.29. The van der Waals surface area contributed by atoms with Gasteiger partial charge < -0.3 is 4.90 Å². The molecular formula is C21H21N7O. The molecule has 0 saturated heterocycles. The molecule has 0 N–H and O–H groups in total. The number of rotatable bonds is 2. The van der Waals surface area contributed by atoms with Crippen LogP contribution in [0.4, 0.5) is 11.6 Å². The minimum Gasteiger partial charge on any atom is -0.355 e. The fourth-order valence-electron chi connectivity index (χ4n) is 3.67. The summed E-state index contributed by atoms with van der Waals surface area (Å²) in [6.45, 7) is 5.33. The van der Waals surface area contributed by atoms with Gasteiger partial charge in [-0.2, -0.15) is 5.10 Å². The van der Waals surface area contributed by atoms with Crippen LogP contribution < -0.4 is 9.80 Å². The summed E-state index contributed by atoms with van der Waals surface area (Å²) in [5, 5.41) is 5.24. The lowest BCUT2D eigenvalue weighted by molar-refractivity contribution is 0.0985. The number of anilines is 2. The van der Waals surface area contributed by atoms with Gasteiger partial charge in [0.05, 0.1) is 22.8 Å². The smallest absolute Gasteiger partial charge is 0.261 e.